The highest BCUT2D eigenvalue weighted by molar-refractivity contribution is 6.31. The van der Waals surface area contributed by atoms with E-state index < -0.39 is 23.2 Å². The second-order valence-electron chi connectivity index (χ2n) is 8.32. The van der Waals surface area contributed by atoms with Crippen molar-refractivity contribution in [3.8, 4) is 5.75 Å². The molecule has 0 fully saturated rings. The number of aliphatic hydroxyl groups is 1. The molecule has 1 unspecified atom stereocenters. The number of aliphatic hydroxyl groups excluding tert-OH is 1. The van der Waals surface area contributed by atoms with Crippen LogP contribution in [0.25, 0.3) is 11.2 Å². The van der Waals surface area contributed by atoms with Crippen LogP contribution in [0.4, 0.5) is 16.0 Å². The lowest BCUT2D eigenvalue weighted by atomic mass is 10.2. The van der Waals surface area contributed by atoms with Gasteiger partial charge in [-0.25, -0.2) is 9.18 Å². The summed E-state index contributed by atoms with van der Waals surface area (Å²) in [5.74, 6) is 0.515. The Labute approximate surface area is 204 Å². The number of imidazole rings is 1. The van der Waals surface area contributed by atoms with E-state index in [0.29, 0.717) is 18.3 Å². The van der Waals surface area contributed by atoms with E-state index in [1.165, 1.54) is 29.8 Å². The molecule has 2 aromatic carbocycles. The fraction of sp³-hybridized carbons (Fsp3) is 0.292. The molecule has 0 bridgehead atoms. The molecule has 0 saturated carbocycles. The summed E-state index contributed by atoms with van der Waals surface area (Å²) < 4.78 is 23.7. The topological polar surface area (TPSA) is 94.5 Å². The maximum absolute atomic E-state index is 14.4. The smallest absolute Gasteiger partial charge is 0.332 e. The molecular formula is C24H23ClFN5O4. The summed E-state index contributed by atoms with van der Waals surface area (Å²) in [7, 11) is 1.50. The maximum atomic E-state index is 14.4. The molecule has 11 heteroatoms. The number of rotatable bonds is 5. The van der Waals surface area contributed by atoms with Crippen LogP contribution in [-0.2, 0) is 20.1 Å². The summed E-state index contributed by atoms with van der Waals surface area (Å²) in [5, 5.41) is 10.8. The van der Waals surface area contributed by atoms with Crippen molar-refractivity contribution in [3.63, 3.8) is 0 Å². The Morgan fingerprint density at radius 2 is 1.91 bits per heavy atom. The molecule has 3 heterocycles. The summed E-state index contributed by atoms with van der Waals surface area (Å²) in [6.45, 7) is 2.47. The van der Waals surface area contributed by atoms with Crippen molar-refractivity contribution in [2.75, 3.05) is 18.1 Å². The van der Waals surface area contributed by atoms with E-state index in [1.807, 2.05) is 31.2 Å². The first-order valence-corrected chi connectivity index (χ1v) is 11.5. The van der Waals surface area contributed by atoms with Gasteiger partial charge in [-0.1, -0.05) is 17.7 Å². The van der Waals surface area contributed by atoms with Crippen LogP contribution in [0.5, 0.6) is 5.75 Å². The number of hydrogen-bond acceptors (Lipinski definition) is 6. The maximum Gasteiger partial charge on any atom is 0.332 e. The number of aryl methyl sites for hydroxylation is 1. The van der Waals surface area contributed by atoms with Gasteiger partial charge in [0.15, 0.2) is 11.2 Å². The third-order valence-corrected chi connectivity index (χ3v) is 6.43. The fourth-order valence-electron chi connectivity index (χ4n) is 4.39. The minimum Gasteiger partial charge on any atom is -0.494 e. The van der Waals surface area contributed by atoms with E-state index in [4.69, 9.17) is 16.3 Å². The second kappa shape index (κ2) is 8.86. The Morgan fingerprint density at radius 1 is 1.17 bits per heavy atom. The summed E-state index contributed by atoms with van der Waals surface area (Å²) >= 11 is 6.14. The summed E-state index contributed by atoms with van der Waals surface area (Å²) in [4.78, 5) is 33.0. The van der Waals surface area contributed by atoms with Crippen LogP contribution in [-0.4, -0.2) is 43.0 Å². The molecule has 1 aliphatic heterocycles. The van der Waals surface area contributed by atoms with Gasteiger partial charge in [-0.2, -0.15) is 4.98 Å². The number of anilines is 2. The van der Waals surface area contributed by atoms with E-state index >= 15 is 0 Å². The molecule has 182 valence electrons. The lowest BCUT2D eigenvalue weighted by Crippen LogP contribution is -2.42. The standard InChI is InChI=1S/C24H23ClFN5O4/c1-3-35-16-9-7-14(8-10-16)29-11-15(32)12-30-20-21(27-23(29)30)28(2)24(34)31(22(20)33)13-17-18(25)5-4-6-19(17)26/h4-10,15,32H,3,11-13H2,1-2H3. The van der Waals surface area contributed by atoms with Crippen LogP contribution in [0.15, 0.2) is 52.1 Å². The predicted octanol–water partition coefficient (Wildman–Crippen LogP) is 2.65. The van der Waals surface area contributed by atoms with Crippen molar-refractivity contribution in [2.45, 2.75) is 26.1 Å². The third-order valence-electron chi connectivity index (χ3n) is 6.08. The molecule has 0 aliphatic carbocycles. The molecule has 1 aliphatic rings. The van der Waals surface area contributed by atoms with Gasteiger partial charge in [0.05, 0.1) is 32.3 Å². The summed E-state index contributed by atoms with van der Waals surface area (Å²) in [6.07, 6.45) is -0.794. The molecule has 0 saturated heterocycles. The number of fused-ring (bicyclic) bond motifs is 3. The zero-order valence-electron chi connectivity index (χ0n) is 19.1. The van der Waals surface area contributed by atoms with Crippen LogP contribution in [0.1, 0.15) is 12.5 Å². The van der Waals surface area contributed by atoms with Gasteiger partial charge in [0.1, 0.15) is 11.6 Å². The molecule has 35 heavy (non-hydrogen) atoms. The number of nitrogens with zero attached hydrogens (tertiary/aromatic N) is 5. The monoisotopic (exact) mass is 499 g/mol. The van der Waals surface area contributed by atoms with E-state index in [2.05, 4.69) is 4.98 Å². The van der Waals surface area contributed by atoms with Crippen molar-refractivity contribution in [1.29, 1.82) is 0 Å². The van der Waals surface area contributed by atoms with Crippen molar-refractivity contribution < 1.29 is 14.2 Å². The van der Waals surface area contributed by atoms with Gasteiger partial charge in [-0.05, 0) is 43.3 Å². The molecule has 4 aromatic rings. The molecule has 0 spiro atoms. The Bertz CT molecular complexity index is 1520. The van der Waals surface area contributed by atoms with Gasteiger partial charge in [0.2, 0.25) is 5.95 Å². The van der Waals surface area contributed by atoms with E-state index in [0.717, 1.165) is 10.3 Å². The summed E-state index contributed by atoms with van der Waals surface area (Å²) in [6, 6.07) is 11.5. The van der Waals surface area contributed by atoms with E-state index in [-0.39, 0.29) is 41.4 Å². The highest BCUT2D eigenvalue weighted by Gasteiger charge is 2.31. The number of β-amino-alcohol motifs (C(OH)–C–C–N with tert-alkyl or cyclic N) is 1. The molecule has 0 radical (unpaired) electrons. The Morgan fingerprint density at radius 3 is 2.60 bits per heavy atom. The van der Waals surface area contributed by atoms with Crippen LogP contribution >= 0.6 is 11.6 Å². The number of benzene rings is 2. The second-order valence-corrected chi connectivity index (χ2v) is 8.73. The first-order valence-electron chi connectivity index (χ1n) is 11.1. The molecule has 1 N–H and O–H groups in total. The SMILES string of the molecule is CCOc1ccc(N2CC(O)Cn3c2nc2c3c(=O)n(Cc3c(F)cccc3Cl)c(=O)n2C)cc1. The van der Waals surface area contributed by atoms with Crippen molar-refractivity contribution in [3.05, 3.63) is 79.7 Å². The Balaban J connectivity index is 1.68. The van der Waals surface area contributed by atoms with Gasteiger partial charge < -0.3 is 19.3 Å². The fourth-order valence-corrected chi connectivity index (χ4v) is 4.61. The average Bonchev–Trinajstić information content (AvgIpc) is 3.22. The number of halogens is 2. The lowest BCUT2D eigenvalue weighted by molar-refractivity contribution is 0.154. The van der Waals surface area contributed by atoms with Gasteiger partial charge in [0.25, 0.3) is 5.56 Å². The highest BCUT2D eigenvalue weighted by Crippen LogP contribution is 2.32. The largest absolute Gasteiger partial charge is 0.494 e. The predicted molar refractivity (Wildman–Crippen MR) is 130 cm³/mol. The minimum absolute atomic E-state index is 0.0437. The molecule has 9 nitrogen and oxygen atoms in total. The number of hydrogen-bond donors (Lipinski definition) is 1. The molecule has 5 rings (SSSR count). The van der Waals surface area contributed by atoms with Crippen LogP contribution in [0.2, 0.25) is 5.02 Å². The lowest BCUT2D eigenvalue weighted by Gasteiger charge is -2.32. The van der Waals surface area contributed by atoms with E-state index in [1.54, 1.807) is 9.47 Å². The quantitative estimate of drug-likeness (QED) is 0.453. The van der Waals surface area contributed by atoms with Crippen molar-refractivity contribution in [1.82, 2.24) is 18.7 Å². The number of ether oxygens (including phenoxy) is 1. The van der Waals surface area contributed by atoms with Gasteiger partial charge in [-0.3, -0.25) is 13.9 Å². The van der Waals surface area contributed by atoms with Crippen LogP contribution in [0.3, 0.4) is 0 Å². The zero-order valence-corrected chi connectivity index (χ0v) is 19.9. The number of aromatic nitrogens is 4. The third kappa shape index (κ3) is 3.88. The molecule has 2 aromatic heterocycles. The minimum atomic E-state index is -0.794. The van der Waals surface area contributed by atoms with Crippen LogP contribution in [0, 0.1) is 5.82 Å². The van der Waals surface area contributed by atoms with Crippen LogP contribution < -0.4 is 20.9 Å². The van der Waals surface area contributed by atoms with Gasteiger partial charge in [0, 0.05) is 23.3 Å². The first kappa shape index (κ1) is 23.1. The van der Waals surface area contributed by atoms with Gasteiger partial charge in [-0.15, -0.1) is 0 Å². The van der Waals surface area contributed by atoms with Crippen molar-refractivity contribution >= 4 is 34.4 Å². The summed E-state index contributed by atoms with van der Waals surface area (Å²) in [5.41, 5.74) is -0.179. The highest BCUT2D eigenvalue weighted by atomic mass is 35.5. The normalized spacial score (nSPS) is 15.5. The van der Waals surface area contributed by atoms with Gasteiger partial charge >= 0.3 is 5.69 Å². The zero-order chi connectivity index (χ0) is 24.9. The first-order chi connectivity index (χ1) is 16.8. The molecule has 0 amide bonds. The Kier molecular flexibility index (Phi) is 5.86. The average molecular weight is 500 g/mol. The van der Waals surface area contributed by atoms with E-state index in [9.17, 15) is 19.1 Å². The molecule has 1 atom stereocenters. The Hall–Kier alpha value is -3.63. The van der Waals surface area contributed by atoms with Crippen molar-refractivity contribution in [2.24, 2.45) is 7.05 Å². The molecular weight excluding hydrogens is 477 g/mol.